The molecule has 0 radical (unpaired) electrons. The van der Waals surface area contributed by atoms with Crippen LogP contribution in [0.3, 0.4) is 0 Å². The van der Waals surface area contributed by atoms with E-state index in [9.17, 15) is 22.8 Å². The van der Waals surface area contributed by atoms with Crippen molar-refractivity contribution >= 4 is 39.4 Å². The Morgan fingerprint density at radius 3 is 1.44 bits per heavy atom. The maximum absolute atomic E-state index is 13.7. The van der Waals surface area contributed by atoms with Crippen LogP contribution >= 0.6 is 0 Å². The summed E-state index contributed by atoms with van der Waals surface area (Å²) in [6.07, 6.45) is 0.0906. The number of nitrogens with zero attached hydrogens (tertiary/aromatic N) is 2. The van der Waals surface area contributed by atoms with E-state index in [4.69, 9.17) is 9.47 Å². The first-order valence-corrected chi connectivity index (χ1v) is 16.5. The summed E-state index contributed by atoms with van der Waals surface area (Å²) < 4.78 is 41.3. The van der Waals surface area contributed by atoms with Gasteiger partial charge in [0, 0.05) is 31.9 Å². The largest absolute Gasteiger partial charge is 0.497 e. The van der Waals surface area contributed by atoms with Crippen molar-refractivity contribution < 1.29 is 32.3 Å². The van der Waals surface area contributed by atoms with E-state index in [0.717, 1.165) is 5.56 Å². The monoisotopic (exact) mass is 673 g/mol. The van der Waals surface area contributed by atoms with Gasteiger partial charge in [0.1, 0.15) is 23.6 Å². The van der Waals surface area contributed by atoms with Crippen LogP contribution in [0, 0.1) is 0 Å². The number of methoxy groups -OCH3 is 2. The molecule has 0 aliphatic rings. The second-order valence-electron chi connectivity index (χ2n) is 10.9. The molecule has 0 aliphatic heterocycles. The Hall–Kier alpha value is -5.40. The summed E-state index contributed by atoms with van der Waals surface area (Å²) >= 11 is 0. The van der Waals surface area contributed by atoms with Crippen LogP contribution in [0.15, 0.2) is 109 Å². The molecule has 13 heteroatoms. The number of ether oxygens (including phenoxy) is 2. The van der Waals surface area contributed by atoms with E-state index >= 15 is 0 Å². The van der Waals surface area contributed by atoms with Crippen molar-refractivity contribution in [1.29, 1.82) is 0 Å². The van der Waals surface area contributed by atoms with Crippen molar-refractivity contribution in [1.82, 2.24) is 14.8 Å². The zero-order valence-electron chi connectivity index (χ0n) is 27.1. The lowest BCUT2D eigenvalue weighted by Gasteiger charge is -2.26. The molecule has 48 heavy (non-hydrogen) atoms. The van der Waals surface area contributed by atoms with Gasteiger partial charge in [0.2, 0.25) is 11.8 Å². The van der Waals surface area contributed by atoms with E-state index < -0.39 is 40.1 Å². The number of amides is 4. The predicted molar refractivity (Wildman–Crippen MR) is 184 cm³/mol. The second-order valence-corrected chi connectivity index (χ2v) is 12.3. The SMILES string of the molecule is COc1ccc(N(C)C(=O)C(Cc2ccccc2)NC(=O)NS(=O)(=O)N[C@@H](Cc2ccccc2)C(=O)N(C)c2ccc(OC)cc2)cc1. The van der Waals surface area contributed by atoms with Crippen LogP contribution in [-0.4, -0.2) is 66.7 Å². The Labute approximate surface area is 280 Å². The van der Waals surface area contributed by atoms with Crippen LogP contribution in [0.1, 0.15) is 11.1 Å². The Balaban J connectivity index is 1.52. The molecule has 4 aromatic carbocycles. The summed E-state index contributed by atoms with van der Waals surface area (Å²) in [5.41, 5.74) is 2.49. The van der Waals surface area contributed by atoms with Gasteiger partial charge in [-0.1, -0.05) is 60.7 Å². The Morgan fingerprint density at radius 1 is 0.625 bits per heavy atom. The highest BCUT2D eigenvalue weighted by Gasteiger charge is 2.31. The molecule has 4 amide bonds. The summed E-state index contributed by atoms with van der Waals surface area (Å²) in [7, 11) is 1.52. The molecule has 4 rings (SSSR count). The number of carbonyl (C=O) groups is 3. The predicted octanol–water partition coefficient (Wildman–Crippen LogP) is 3.69. The lowest BCUT2D eigenvalue weighted by Crippen LogP contribution is -2.57. The molecule has 4 aromatic rings. The number of nitrogens with one attached hydrogen (secondary N) is 3. The van der Waals surface area contributed by atoms with Gasteiger partial charge in [-0.15, -0.1) is 0 Å². The molecule has 3 N–H and O–H groups in total. The fourth-order valence-corrected chi connectivity index (χ4v) is 5.86. The van der Waals surface area contributed by atoms with Crippen LogP contribution in [0.5, 0.6) is 11.5 Å². The maximum Gasteiger partial charge on any atom is 0.330 e. The highest BCUT2D eigenvalue weighted by molar-refractivity contribution is 7.88. The lowest BCUT2D eigenvalue weighted by molar-refractivity contribution is -0.120. The van der Waals surface area contributed by atoms with Crippen molar-refractivity contribution in [3.8, 4) is 11.5 Å². The van der Waals surface area contributed by atoms with Gasteiger partial charge in [-0.3, -0.25) is 9.59 Å². The normalized spacial score (nSPS) is 12.2. The van der Waals surface area contributed by atoms with Crippen molar-refractivity contribution in [3.63, 3.8) is 0 Å². The molecule has 1 unspecified atom stereocenters. The molecule has 2 atom stereocenters. The minimum Gasteiger partial charge on any atom is -0.497 e. The molecule has 0 fully saturated rings. The molecule has 0 saturated heterocycles. The van der Waals surface area contributed by atoms with Gasteiger partial charge in [0.15, 0.2) is 0 Å². The topological polar surface area (TPSA) is 146 Å². The molecule has 0 saturated carbocycles. The molecule has 0 aliphatic carbocycles. The van der Waals surface area contributed by atoms with Crippen LogP contribution in [0.25, 0.3) is 0 Å². The first-order valence-electron chi connectivity index (χ1n) is 15.0. The quantitative estimate of drug-likeness (QED) is 0.185. The van der Waals surface area contributed by atoms with Crippen molar-refractivity contribution in [2.24, 2.45) is 0 Å². The van der Waals surface area contributed by atoms with Crippen LogP contribution < -0.4 is 34.0 Å². The zero-order chi connectivity index (χ0) is 34.7. The number of hydrogen-bond acceptors (Lipinski definition) is 7. The van der Waals surface area contributed by atoms with E-state index in [1.165, 1.54) is 31.1 Å². The van der Waals surface area contributed by atoms with E-state index in [2.05, 4.69) is 10.0 Å². The number of rotatable bonds is 14. The third-order valence-electron chi connectivity index (χ3n) is 7.57. The summed E-state index contributed by atoms with van der Waals surface area (Å²) in [5.74, 6) is 0.154. The minimum absolute atomic E-state index is 0.00444. The van der Waals surface area contributed by atoms with E-state index in [1.54, 1.807) is 110 Å². The Bertz CT molecular complexity index is 1770. The summed E-state index contributed by atoms with van der Waals surface area (Å²) in [6, 6.07) is 27.8. The molecule has 0 bridgehead atoms. The van der Waals surface area contributed by atoms with E-state index in [-0.39, 0.29) is 12.8 Å². The molecule has 0 spiro atoms. The van der Waals surface area contributed by atoms with Crippen molar-refractivity contribution in [2.75, 3.05) is 38.1 Å². The fraction of sp³-hybridized carbons (Fsp3) is 0.229. The summed E-state index contributed by atoms with van der Waals surface area (Å²) in [5, 5.41) is 2.51. The first kappa shape index (κ1) is 35.5. The molecule has 12 nitrogen and oxygen atoms in total. The average Bonchev–Trinajstić information content (AvgIpc) is 3.10. The zero-order valence-corrected chi connectivity index (χ0v) is 27.9. The maximum atomic E-state index is 13.7. The second kappa shape index (κ2) is 16.4. The van der Waals surface area contributed by atoms with Gasteiger partial charge in [-0.2, -0.15) is 13.1 Å². The Morgan fingerprint density at radius 2 is 1.02 bits per heavy atom. The number of anilines is 2. The lowest BCUT2D eigenvalue weighted by atomic mass is 10.0. The molecular formula is C35H39N5O7S. The van der Waals surface area contributed by atoms with Crippen LogP contribution in [0.2, 0.25) is 0 Å². The van der Waals surface area contributed by atoms with Crippen LogP contribution in [0.4, 0.5) is 16.2 Å². The summed E-state index contributed by atoms with van der Waals surface area (Å²) in [6.45, 7) is 0. The molecule has 0 heterocycles. The Kier molecular flexibility index (Phi) is 12.1. The van der Waals surface area contributed by atoms with Gasteiger partial charge in [-0.05, 0) is 66.1 Å². The standard InChI is InChI=1S/C35H39N5O7S/c1-39(27-15-19-29(46-3)20-16-27)33(41)31(23-25-11-7-5-8-12-25)36-35(43)38-48(44,45)37-32(24-26-13-9-6-10-14-26)34(42)40(2)28-17-21-30(47-4)22-18-28/h5-22,31-32,37H,23-24H2,1-4H3,(H2,36,38,43)/t31?,32-/m0/s1. The fourth-order valence-electron chi connectivity index (χ4n) is 4.94. The van der Waals surface area contributed by atoms with Gasteiger partial charge in [0.25, 0.3) is 0 Å². The third kappa shape index (κ3) is 9.80. The van der Waals surface area contributed by atoms with Gasteiger partial charge >= 0.3 is 16.2 Å². The van der Waals surface area contributed by atoms with Gasteiger partial charge in [0.05, 0.1) is 14.2 Å². The highest BCUT2D eigenvalue weighted by atomic mass is 32.2. The number of urea groups is 1. The van der Waals surface area contributed by atoms with Crippen molar-refractivity contribution in [3.05, 3.63) is 120 Å². The summed E-state index contributed by atoms with van der Waals surface area (Å²) in [4.78, 5) is 43.2. The third-order valence-corrected chi connectivity index (χ3v) is 8.62. The average molecular weight is 674 g/mol. The first-order chi connectivity index (χ1) is 23.0. The number of benzene rings is 4. The van der Waals surface area contributed by atoms with E-state index in [0.29, 0.717) is 28.4 Å². The van der Waals surface area contributed by atoms with Gasteiger partial charge < -0.3 is 24.6 Å². The smallest absolute Gasteiger partial charge is 0.330 e. The highest BCUT2D eigenvalue weighted by Crippen LogP contribution is 2.21. The van der Waals surface area contributed by atoms with Crippen LogP contribution in [-0.2, 0) is 32.6 Å². The van der Waals surface area contributed by atoms with Gasteiger partial charge in [-0.25, -0.2) is 9.52 Å². The van der Waals surface area contributed by atoms with E-state index in [1.807, 2.05) is 10.8 Å². The molecular weight excluding hydrogens is 634 g/mol. The molecule has 0 aromatic heterocycles. The number of hydrogen-bond donors (Lipinski definition) is 3. The van der Waals surface area contributed by atoms with Crippen molar-refractivity contribution in [2.45, 2.75) is 24.9 Å². The minimum atomic E-state index is -4.61. The number of carbonyl (C=O) groups excluding carboxylic acids is 3. The molecule has 252 valence electrons. The number of likely N-dealkylation sites (N-methyl/N-ethyl adjacent to an activating group) is 2.